The summed E-state index contributed by atoms with van der Waals surface area (Å²) >= 11 is 0. The molecule has 0 aliphatic rings. The number of hydrogen-bond acceptors (Lipinski definition) is 8. The van der Waals surface area contributed by atoms with E-state index in [1.807, 2.05) is 21.1 Å². The zero-order valence-corrected chi connectivity index (χ0v) is 36.0. The van der Waals surface area contributed by atoms with Crippen LogP contribution in [-0.4, -0.2) is 70.0 Å². The highest BCUT2D eigenvalue weighted by Crippen LogP contribution is 2.38. The summed E-state index contributed by atoms with van der Waals surface area (Å²) in [6, 6.07) is 0. The van der Waals surface area contributed by atoms with Gasteiger partial charge >= 0.3 is 11.9 Å². The molecule has 54 heavy (non-hydrogen) atoms. The Hall–Kier alpha value is -2.03. The summed E-state index contributed by atoms with van der Waals surface area (Å²) in [7, 11) is 1.13. The molecule has 0 aromatic carbocycles. The molecule has 1 unspecified atom stereocenters. The lowest BCUT2D eigenvalue weighted by atomic mass is 10.1. The molecule has 0 heterocycles. The van der Waals surface area contributed by atoms with E-state index in [4.69, 9.17) is 18.5 Å². The number of unbranched alkanes of at least 4 members (excludes halogenated alkanes) is 16. The molecule has 2 atom stereocenters. The Bertz CT molecular complexity index is 1070. The lowest BCUT2D eigenvalue weighted by Gasteiger charge is -2.28. The predicted molar refractivity (Wildman–Crippen MR) is 222 cm³/mol. The molecule has 0 aliphatic carbocycles. The molecule has 314 valence electrons. The second kappa shape index (κ2) is 36.6. The van der Waals surface area contributed by atoms with Gasteiger partial charge in [0.1, 0.15) is 19.8 Å². The SMILES string of the molecule is CCCCCCCC/C=C/C/C=C/C/C=C/CCCC(=O)OC[C@H](COP(=O)([O-])OCC[N+](C)(C)C)OC(=O)CCCCC/C=C/CCCCCCCC. The van der Waals surface area contributed by atoms with E-state index in [-0.39, 0.29) is 26.1 Å². The third-order valence-corrected chi connectivity index (χ3v) is 9.79. The second-order valence-corrected chi connectivity index (χ2v) is 16.8. The van der Waals surface area contributed by atoms with Crippen molar-refractivity contribution >= 4 is 19.8 Å². The first-order valence-electron chi connectivity index (χ1n) is 21.3. The lowest BCUT2D eigenvalue weighted by molar-refractivity contribution is -0.870. The Kier molecular flexibility index (Phi) is 35.2. The van der Waals surface area contributed by atoms with Gasteiger partial charge in [-0.1, -0.05) is 133 Å². The molecule has 0 radical (unpaired) electrons. The number of quaternary nitrogens is 1. The van der Waals surface area contributed by atoms with Gasteiger partial charge in [-0.25, -0.2) is 0 Å². The maximum atomic E-state index is 12.6. The first-order valence-corrected chi connectivity index (χ1v) is 22.8. The number of ether oxygens (including phenoxy) is 2. The number of allylic oxidation sites excluding steroid dienone is 8. The first kappa shape index (κ1) is 52.0. The van der Waals surface area contributed by atoms with Crippen molar-refractivity contribution in [2.75, 3.05) is 47.5 Å². The van der Waals surface area contributed by atoms with Gasteiger partial charge in [-0.15, -0.1) is 0 Å². The van der Waals surface area contributed by atoms with Crippen molar-refractivity contribution in [2.24, 2.45) is 0 Å². The Morgan fingerprint density at radius 1 is 0.574 bits per heavy atom. The number of likely N-dealkylation sites (N-methyl/N-ethyl adjacent to an activating group) is 1. The summed E-state index contributed by atoms with van der Waals surface area (Å²) < 4.78 is 33.8. The molecule has 0 aromatic rings. The quantitative estimate of drug-likeness (QED) is 0.0200. The molecule has 0 fully saturated rings. The molecule has 0 N–H and O–H groups in total. The van der Waals surface area contributed by atoms with Crippen LogP contribution >= 0.6 is 7.82 Å². The van der Waals surface area contributed by atoms with Gasteiger partial charge in [0.15, 0.2) is 6.10 Å². The number of rotatable bonds is 38. The van der Waals surface area contributed by atoms with E-state index < -0.39 is 32.5 Å². The summed E-state index contributed by atoms with van der Waals surface area (Å²) in [5.41, 5.74) is 0. The lowest BCUT2D eigenvalue weighted by Crippen LogP contribution is -2.37. The fraction of sp³-hybridized carbons (Fsp3) is 0.773. The Morgan fingerprint density at radius 2 is 1.02 bits per heavy atom. The molecule has 9 nitrogen and oxygen atoms in total. The van der Waals surface area contributed by atoms with Gasteiger partial charge in [-0.05, 0) is 70.6 Å². The van der Waals surface area contributed by atoms with Crippen molar-refractivity contribution in [1.82, 2.24) is 0 Å². The van der Waals surface area contributed by atoms with Gasteiger partial charge in [-0.3, -0.25) is 14.2 Å². The molecule has 0 amide bonds. The van der Waals surface area contributed by atoms with E-state index in [2.05, 4.69) is 62.5 Å². The van der Waals surface area contributed by atoms with Crippen molar-refractivity contribution < 1.29 is 42.1 Å². The van der Waals surface area contributed by atoms with Gasteiger partial charge in [0.05, 0.1) is 27.7 Å². The number of nitrogens with zero attached hydrogens (tertiary/aromatic N) is 1. The Morgan fingerprint density at radius 3 is 1.56 bits per heavy atom. The fourth-order valence-corrected chi connectivity index (χ4v) is 6.16. The number of phosphoric ester groups is 1. The van der Waals surface area contributed by atoms with Crippen LogP contribution in [0.1, 0.15) is 168 Å². The topological polar surface area (TPSA) is 111 Å². The largest absolute Gasteiger partial charge is 0.756 e. The molecule has 0 spiro atoms. The molecule has 0 saturated heterocycles. The van der Waals surface area contributed by atoms with E-state index >= 15 is 0 Å². The maximum absolute atomic E-state index is 12.6. The van der Waals surface area contributed by atoms with Crippen LogP contribution in [0.2, 0.25) is 0 Å². The van der Waals surface area contributed by atoms with Crippen molar-refractivity contribution in [1.29, 1.82) is 0 Å². The average molecular weight is 782 g/mol. The van der Waals surface area contributed by atoms with Crippen molar-refractivity contribution in [3.63, 3.8) is 0 Å². The van der Waals surface area contributed by atoms with E-state index in [1.165, 1.54) is 77.0 Å². The van der Waals surface area contributed by atoms with Crippen LogP contribution in [0.4, 0.5) is 0 Å². The van der Waals surface area contributed by atoms with E-state index in [0.717, 1.165) is 51.4 Å². The molecule has 10 heteroatoms. The summed E-state index contributed by atoms with van der Waals surface area (Å²) in [5.74, 6) is -0.917. The summed E-state index contributed by atoms with van der Waals surface area (Å²) in [6.07, 6.45) is 41.5. The third kappa shape index (κ3) is 39.7. The number of phosphoric acid groups is 1. The van der Waals surface area contributed by atoms with Crippen molar-refractivity contribution in [3.8, 4) is 0 Å². The molecule has 0 aliphatic heterocycles. The molecule has 0 rings (SSSR count). The maximum Gasteiger partial charge on any atom is 0.306 e. The zero-order chi connectivity index (χ0) is 40.0. The van der Waals surface area contributed by atoms with Gasteiger partial charge in [0.25, 0.3) is 7.82 Å². The Balaban J connectivity index is 4.49. The van der Waals surface area contributed by atoms with Crippen LogP contribution in [0, 0.1) is 0 Å². The van der Waals surface area contributed by atoms with Crippen LogP contribution in [0.5, 0.6) is 0 Å². The molecule has 0 aromatic heterocycles. The smallest absolute Gasteiger partial charge is 0.306 e. The molecule has 0 bridgehead atoms. The van der Waals surface area contributed by atoms with Gasteiger partial charge in [-0.2, -0.15) is 0 Å². The van der Waals surface area contributed by atoms with Gasteiger partial charge < -0.3 is 27.9 Å². The van der Waals surface area contributed by atoms with Crippen LogP contribution in [0.3, 0.4) is 0 Å². The van der Waals surface area contributed by atoms with Crippen molar-refractivity contribution in [3.05, 3.63) is 48.6 Å². The van der Waals surface area contributed by atoms with Crippen LogP contribution < -0.4 is 4.89 Å². The highest BCUT2D eigenvalue weighted by Gasteiger charge is 2.21. The molecular weight excluding hydrogens is 701 g/mol. The van der Waals surface area contributed by atoms with Gasteiger partial charge in [0, 0.05) is 12.8 Å². The molecular formula is C44H80NO8P. The van der Waals surface area contributed by atoms with E-state index in [1.54, 1.807) is 0 Å². The first-order chi connectivity index (χ1) is 26.0. The summed E-state index contributed by atoms with van der Waals surface area (Å²) in [6.45, 7) is 4.12. The summed E-state index contributed by atoms with van der Waals surface area (Å²) in [4.78, 5) is 37.4. The normalized spacial score (nSPS) is 14.1. The minimum Gasteiger partial charge on any atom is -0.756 e. The number of carbonyl (C=O) groups is 2. The number of hydrogen-bond donors (Lipinski definition) is 0. The third-order valence-electron chi connectivity index (χ3n) is 8.82. The second-order valence-electron chi connectivity index (χ2n) is 15.3. The number of carbonyl (C=O) groups excluding carboxylic acids is 2. The van der Waals surface area contributed by atoms with Crippen LogP contribution in [-0.2, 0) is 32.7 Å². The van der Waals surface area contributed by atoms with E-state index in [0.29, 0.717) is 23.9 Å². The predicted octanol–water partition coefficient (Wildman–Crippen LogP) is 11.3. The summed E-state index contributed by atoms with van der Waals surface area (Å²) in [5, 5.41) is 0. The molecule has 0 saturated carbocycles. The standard InChI is InChI=1S/C44H80NO8P/c1-6-8-10-12-14-16-18-20-21-22-23-25-26-28-30-32-34-36-43(46)50-40-42(41-52-54(48,49)51-39-38-45(3,4)5)53-44(47)37-35-33-31-29-27-24-19-17-15-13-11-9-7-2/h20-21,23-25,27-28,30,42H,6-19,22,26,29,31-41H2,1-5H3/b21-20+,25-23+,27-24+,30-28+/t42-/m1/s1. The minimum absolute atomic E-state index is 0.0423. The zero-order valence-electron chi connectivity index (χ0n) is 35.2. The highest BCUT2D eigenvalue weighted by molar-refractivity contribution is 7.45. The number of esters is 2. The monoisotopic (exact) mass is 782 g/mol. The average Bonchev–Trinajstić information content (AvgIpc) is 3.12. The van der Waals surface area contributed by atoms with Gasteiger partial charge in [0.2, 0.25) is 0 Å². The van der Waals surface area contributed by atoms with E-state index in [9.17, 15) is 19.0 Å². The van der Waals surface area contributed by atoms with Crippen LogP contribution in [0.15, 0.2) is 48.6 Å². The Labute approximate surface area is 331 Å². The minimum atomic E-state index is -4.64. The van der Waals surface area contributed by atoms with Crippen LogP contribution in [0.25, 0.3) is 0 Å². The van der Waals surface area contributed by atoms with Crippen molar-refractivity contribution in [2.45, 2.75) is 174 Å². The highest BCUT2D eigenvalue weighted by atomic mass is 31.2. The fourth-order valence-electron chi connectivity index (χ4n) is 5.43.